The zero-order valence-corrected chi connectivity index (χ0v) is 11.6. The second kappa shape index (κ2) is 6.39. The van der Waals surface area contributed by atoms with E-state index in [0.717, 1.165) is 5.56 Å². The molecule has 0 saturated heterocycles. The Kier molecular flexibility index (Phi) is 4.58. The molecule has 0 atom stereocenters. The summed E-state index contributed by atoms with van der Waals surface area (Å²) in [4.78, 5) is 11.3. The lowest BCUT2D eigenvalue weighted by Crippen LogP contribution is -2.04. The van der Waals surface area contributed by atoms with Crippen LogP contribution in [0.3, 0.4) is 0 Å². The summed E-state index contributed by atoms with van der Waals surface area (Å²) in [5.74, 6) is -0.856. The number of methoxy groups -OCH3 is 1. The van der Waals surface area contributed by atoms with Crippen LogP contribution in [0.25, 0.3) is 0 Å². The number of rotatable bonds is 4. The van der Waals surface area contributed by atoms with E-state index in [0.29, 0.717) is 17.8 Å². The SMILES string of the molecule is COC(=O)c1ccc(CNc2cccc(Cl)c2F)cc1. The van der Waals surface area contributed by atoms with Crippen LogP contribution in [-0.4, -0.2) is 13.1 Å². The highest BCUT2D eigenvalue weighted by Gasteiger charge is 2.07. The van der Waals surface area contributed by atoms with Crippen molar-refractivity contribution in [2.75, 3.05) is 12.4 Å². The summed E-state index contributed by atoms with van der Waals surface area (Å²) in [7, 11) is 1.33. The fourth-order valence-electron chi connectivity index (χ4n) is 1.71. The van der Waals surface area contributed by atoms with Gasteiger partial charge in [-0.2, -0.15) is 0 Å². The monoisotopic (exact) mass is 293 g/mol. The van der Waals surface area contributed by atoms with Crippen LogP contribution in [0.5, 0.6) is 0 Å². The van der Waals surface area contributed by atoms with Gasteiger partial charge in [0.15, 0.2) is 5.82 Å². The van der Waals surface area contributed by atoms with Gasteiger partial charge in [-0.25, -0.2) is 9.18 Å². The molecule has 0 fully saturated rings. The first-order valence-corrected chi connectivity index (χ1v) is 6.34. The van der Waals surface area contributed by atoms with Gasteiger partial charge in [-0.3, -0.25) is 0 Å². The Bertz CT molecular complexity index is 614. The predicted octanol–water partition coefficient (Wildman–Crippen LogP) is 3.88. The van der Waals surface area contributed by atoms with E-state index in [4.69, 9.17) is 11.6 Å². The van der Waals surface area contributed by atoms with E-state index >= 15 is 0 Å². The highest BCUT2D eigenvalue weighted by atomic mass is 35.5. The molecule has 104 valence electrons. The smallest absolute Gasteiger partial charge is 0.337 e. The van der Waals surface area contributed by atoms with Crippen molar-refractivity contribution in [3.05, 3.63) is 64.4 Å². The predicted molar refractivity (Wildman–Crippen MR) is 76.5 cm³/mol. The molecule has 0 radical (unpaired) electrons. The average Bonchev–Trinajstić information content (AvgIpc) is 2.48. The number of ether oxygens (including phenoxy) is 1. The standard InChI is InChI=1S/C15H13ClFNO2/c1-20-15(19)11-7-5-10(6-8-11)9-18-13-4-2-3-12(16)14(13)17/h2-8,18H,9H2,1H3. The van der Waals surface area contributed by atoms with Crippen LogP contribution in [0.15, 0.2) is 42.5 Å². The third kappa shape index (κ3) is 3.27. The van der Waals surface area contributed by atoms with Crippen LogP contribution in [0, 0.1) is 5.82 Å². The van der Waals surface area contributed by atoms with Crippen molar-refractivity contribution in [3.63, 3.8) is 0 Å². The molecular weight excluding hydrogens is 281 g/mol. The van der Waals surface area contributed by atoms with Crippen LogP contribution >= 0.6 is 11.6 Å². The third-order valence-corrected chi connectivity index (χ3v) is 3.10. The zero-order chi connectivity index (χ0) is 14.5. The fourth-order valence-corrected chi connectivity index (χ4v) is 1.89. The lowest BCUT2D eigenvalue weighted by Gasteiger charge is -2.09. The van der Waals surface area contributed by atoms with E-state index in [-0.39, 0.29) is 11.0 Å². The summed E-state index contributed by atoms with van der Waals surface area (Å²) < 4.78 is 18.3. The normalized spacial score (nSPS) is 10.2. The maximum absolute atomic E-state index is 13.7. The summed E-state index contributed by atoms with van der Waals surface area (Å²) in [6, 6.07) is 11.7. The second-order valence-electron chi connectivity index (χ2n) is 4.14. The maximum atomic E-state index is 13.7. The molecule has 2 aromatic rings. The van der Waals surface area contributed by atoms with E-state index in [2.05, 4.69) is 10.1 Å². The summed E-state index contributed by atoms with van der Waals surface area (Å²) in [6.45, 7) is 0.429. The van der Waals surface area contributed by atoms with Gasteiger partial charge in [-0.15, -0.1) is 0 Å². The minimum Gasteiger partial charge on any atom is -0.465 e. The van der Waals surface area contributed by atoms with Crippen LogP contribution in [0.1, 0.15) is 15.9 Å². The van der Waals surface area contributed by atoms with Gasteiger partial charge in [0.2, 0.25) is 0 Å². The first kappa shape index (κ1) is 14.3. The van der Waals surface area contributed by atoms with E-state index in [1.807, 2.05) is 0 Å². The van der Waals surface area contributed by atoms with Gasteiger partial charge in [-0.1, -0.05) is 29.8 Å². The fraction of sp³-hybridized carbons (Fsp3) is 0.133. The van der Waals surface area contributed by atoms with Crippen LogP contribution in [-0.2, 0) is 11.3 Å². The number of hydrogen-bond donors (Lipinski definition) is 1. The van der Waals surface area contributed by atoms with Crippen molar-refractivity contribution in [2.45, 2.75) is 6.54 Å². The topological polar surface area (TPSA) is 38.3 Å². The van der Waals surface area contributed by atoms with E-state index in [9.17, 15) is 9.18 Å². The lowest BCUT2D eigenvalue weighted by atomic mass is 10.1. The van der Waals surface area contributed by atoms with Gasteiger partial charge >= 0.3 is 5.97 Å². The number of benzene rings is 2. The molecule has 5 heteroatoms. The molecule has 0 heterocycles. The molecule has 0 aliphatic carbocycles. The van der Waals surface area contributed by atoms with E-state index in [1.165, 1.54) is 13.2 Å². The first-order chi connectivity index (χ1) is 9.61. The summed E-state index contributed by atoms with van der Waals surface area (Å²) in [6.07, 6.45) is 0. The maximum Gasteiger partial charge on any atom is 0.337 e. The number of esters is 1. The van der Waals surface area contributed by atoms with Gasteiger partial charge in [0.1, 0.15) is 0 Å². The molecule has 0 bridgehead atoms. The minimum atomic E-state index is -0.472. The summed E-state index contributed by atoms with van der Waals surface area (Å²) in [5, 5.41) is 3.04. The Morgan fingerprint density at radius 3 is 2.60 bits per heavy atom. The number of hydrogen-bond acceptors (Lipinski definition) is 3. The molecule has 3 nitrogen and oxygen atoms in total. The number of nitrogens with one attached hydrogen (secondary N) is 1. The molecule has 2 aromatic carbocycles. The van der Waals surface area contributed by atoms with Crippen molar-refractivity contribution < 1.29 is 13.9 Å². The number of anilines is 1. The number of carbonyl (C=O) groups excluding carboxylic acids is 1. The molecule has 0 aliphatic heterocycles. The molecule has 0 amide bonds. The van der Waals surface area contributed by atoms with Crippen molar-refractivity contribution in [1.29, 1.82) is 0 Å². The van der Waals surface area contributed by atoms with Crippen LogP contribution in [0.2, 0.25) is 5.02 Å². The third-order valence-electron chi connectivity index (χ3n) is 2.81. The molecule has 0 unspecified atom stereocenters. The average molecular weight is 294 g/mol. The van der Waals surface area contributed by atoms with Gasteiger partial charge in [0, 0.05) is 6.54 Å². The molecule has 20 heavy (non-hydrogen) atoms. The molecule has 0 aliphatic rings. The van der Waals surface area contributed by atoms with Crippen LogP contribution < -0.4 is 5.32 Å². The number of carbonyl (C=O) groups is 1. The summed E-state index contributed by atoms with van der Waals surface area (Å²) >= 11 is 5.70. The van der Waals surface area contributed by atoms with Gasteiger partial charge in [-0.05, 0) is 29.8 Å². The highest BCUT2D eigenvalue weighted by Crippen LogP contribution is 2.22. The van der Waals surface area contributed by atoms with Crippen molar-refractivity contribution in [2.24, 2.45) is 0 Å². The Hall–Kier alpha value is -2.07. The van der Waals surface area contributed by atoms with Crippen molar-refractivity contribution in [3.8, 4) is 0 Å². The Labute approximate surface area is 121 Å². The molecule has 0 saturated carbocycles. The quantitative estimate of drug-likeness (QED) is 0.870. The highest BCUT2D eigenvalue weighted by molar-refractivity contribution is 6.31. The van der Waals surface area contributed by atoms with Crippen molar-refractivity contribution in [1.82, 2.24) is 0 Å². The van der Waals surface area contributed by atoms with Gasteiger partial charge < -0.3 is 10.1 Å². The van der Waals surface area contributed by atoms with E-state index in [1.54, 1.807) is 36.4 Å². The molecule has 0 spiro atoms. The number of halogens is 2. The minimum absolute atomic E-state index is 0.0797. The Morgan fingerprint density at radius 2 is 1.95 bits per heavy atom. The van der Waals surface area contributed by atoms with E-state index < -0.39 is 5.82 Å². The second-order valence-corrected chi connectivity index (χ2v) is 4.55. The molecule has 1 N–H and O–H groups in total. The molecular formula is C15H13ClFNO2. The Morgan fingerprint density at radius 1 is 1.25 bits per heavy atom. The van der Waals surface area contributed by atoms with Crippen molar-refractivity contribution >= 4 is 23.3 Å². The molecule has 2 rings (SSSR count). The van der Waals surface area contributed by atoms with Gasteiger partial charge in [0.25, 0.3) is 0 Å². The Balaban J connectivity index is 2.04. The van der Waals surface area contributed by atoms with Crippen LogP contribution in [0.4, 0.5) is 10.1 Å². The zero-order valence-electron chi connectivity index (χ0n) is 10.8. The largest absolute Gasteiger partial charge is 0.465 e. The summed E-state index contributed by atoms with van der Waals surface area (Å²) in [5.41, 5.74) is 1.73. The first-order valence-electron chi connectivity index (χ1n) is 5.97. The van der Waals surface area contributed by atoms with Gasteiger partial charge in [0.05, 0.1) is 23.4 Å². The lowest BCUT2D eigenvalue weighted by molar-refractivity contribution is 0.0600. The molecule has 0 aromatic heterocycles.